The van der Waals surface area contributed by atoms with Gasteiger partial charge in [-0.1, -0.05) is 12.1 Å². The maximum absolute atomic E-state index is 12.3. The van der Waals surface area contributed by atoms with E-state index in [0.29, 0.717) is 12.5 Å². The van der Waals surface area contributed by atoms with Gasteiger partial charge in [-0.15, -0.1) is 0 Å². The first-order chi connectivity index (χ1) is 10.2. The number of piperidine rings is 1. The molecule has 1 heterocycles. The molecule has 1 saturated heterocycles. The van der Waals surface area contributed by atoms with Crippen molar-refractivity contribution in [3.63, 3.8) is 0 Å². The Kier molecular flexibility index (Phi) is 4.44. The van der Waals surface area contributed by atoms with Gasteiger partial charge in [0.15, 0.2) is 0 Å². The third kappa shape index (κ3) is 4.21. The number of carbonyl (C=O) groups is 1. The lowest BCUT2D eigenvalue weighted by Gasteiger charge is -2.32. The van der Waals surface area contributed by atoms with E-state index in [0.717, 1.165) is 44.0 Å². The van der Waals surface area contributed by atoms with Crippen LogP contribution in [0.1, 0.15) is 31.2 Å². The largest absolute Gasteiger partial charge is 0.508 e. The van der Waals surface area contributed by atoms with Crippen molar-refractivity contribution >= 4 is 5.91 Å². The minimum atomic E-state index is 0.196. The Balaban J connectivity index is 1.42. The fraction of sp³-hybridized carbons (Fsp3) is 0.588. The van der Waals surface area contributed by atoms with Crippen molar-refractivity contribution < 1.29 is 9.90 Å². The molecule has 0 aromatic heterocycles. The van der Waals surface area contributed by atoms with Crippen LogP contribution in [0.5, 0.6) is 5.75 Å². The molecule has 2 N–H and O–H groups in total. The van der Waals surface area contributed by atoms with Crippen molar-refractivity contribution in [1.82, 2.24) is 10.2 Å². The Morgan fingerprint density at radius 3 is 2.43 bits per heavy atom. The highest BCUT2D eigenvalue weighted by Crippen LogP contribution is 2.28. The summed E-state index contributed by atoms with van der Waals surface area (Å²) in [7, 11) is 0. The summed E-state index contributed by atoms with van der Waals surface area (Å²) in [6.07, 6.45) is 5.33. The maximum atomic E-state index is 12.3. The van der Waals surface area contributed by atoms with Crippen LogP contribution in [-0.4, -0.2) is 41.6 Å². The van der Waals surface area contributed by atoms with Crippen LogP contribution in [0.25, 0.3) is 0 Å². The molecule has 0 unspecified atom stereocenters. The molecule has 21 heavy (non-hydrogen) atoms. The molecule has 1 amide bonds. The molecular weight excluding hydrogens is 264 g/mol. The SMILES string of the molecule is O=C(Cc1ccc(O)cc1)N1CCC(NCC2CC2)CC1. The van der Waals surface area contributed by atoms with Gasteiger partial charge in [0, 0.05) is 19.1 Å². The first-order valence-corrected chi connectivity index (χ1v) is 8.00. The van der Waals surface area contributed by atoms with Gasteiger partial charge < -0.3 is 15.3 Å². The first kappa shape index (κ1) is 14.4. The van der Waals surface area contributed by atoms with Crippen molar-refractivity contribution in [3.8, 4) is 5.75 Å². The van der Waals surface area contributed by atoms with Gasteiger partial charge in [0.25, 0.3) is 0 Å². The normalized spacial score (nSPS) is 19.7. The molecule has 1 aliphatic heterocycles. The topological polar surface area (TPSA) is 52.6 Å². The molecule has 114 valence electrons. The standard InChI is InChI=1S/C17H24N2O2/c20-16-5-3-13(4-6-16)11-17(21)19-9-7-15(8-10-19)18-12-14-1-2-14/h3-6,14-15,18,20H,1-2,7-12H2. The third-order valence-corrected chi connectivity index (χ3v) is 4.53. The summed E-state index contributed by atoms with van der Waals surface area (Å²) in [5, 5.41) is 12.9. The summed E-state index contributed by atoms with van der Waals surface area (Å²) in [6, 6.07) is 7.49. The number of phenolic OH excluding ortho intramolecular Hbond substituents is 1. The lowest BCUT2D eigenvalue weighted by atomic mass is 10.0. The fourth-order valence-electron chi connectivity index (χ4n) is 2.89. The molecule has 0 spiro atoms. The van der Waals surface area contributed by atoms with Gasteiger partial charge in [-0.05, 0) is 55.8 Å². The summed E-state index contributed by atoms with van der Waals surface area (Å²) < 4.78 is 0. The molecule has 1 aromatic rings. The molecule has 1 saturated carbocycles. The van der Waals surface area contributed by atoms with Crippen LogP contribution in [0.15, 0.2) is 24.3 Å². The van der Waals surface area contributed by atoms with Crippen LogP contribution in [0.4, 0.5) is 0 Å². The van der Waals surface area contributed by atoms with E-state index in [1.807, 2.05) is 17.0 Å². The van der Waals surface area contributed by atoms with E-state index in [9.17, 15) is 9.90 Å². The van der Waals surface area contributed by atoms with Crippen LogP contribution in [0.3, 0.4) is 0 Å². The number of likely N-dealkylation sites (tertiary alicyclic amines) is 1. The number of rotatable bonds is 5. The van der Waals surface area contributed by atoms with E-state index in [1.165, 1.54) is 12.8 Å². The van der Waals surface area contributed by atoms with E-state index in [-0.39, 0.29) is 11.7 Å². The van der Waals surface area contributed by atoms with Gasteiger partial charge >= 0.3 is 0 Å². The zero-order valence-electron chi connectivity index (χ0n) is 12.4. The molecule has 2 fully saturated rings. The predicted octanol–water partition coefficient (Wildman–Crippen LogP) is 1.93. The molecule has 0 radical (unpaired) electrons. The highest BCUT2D eigenvalue weighted by molar-refractivity contribution is 5.78. The minimum Gasteiger partial charge on any atom is -0.508 e. The maximum Gasteiger partial charge on any atom is 0.226 e. The zero-order chi connectivity index (χ0) is 14.7. The predicted molar refractivity (Wildman–Crippen MR) is 82.1 cm³/mol. The van der Waals surface area contributed by atoms with Gasteiger partial charge in [0.05, 0.1) is 6.42 Å². The van der Waals surface area contributed by atoms with E-state index >= 15 is 0 Å². The Bertz CT molecular complexity index is 474. The molecular formula is C17H24N2O2. The van der Waals surface area contributed by atoms with Crippen LogP contribution in [-0.2, 0) is 11.2 Å². The summed E-state index contributed by atoms with van der Waals surface area (Å²) in [5.41, 5.74) is 0.965. The summed E-state index contributed by atoms with van der Waals surface area (Å²) >= 11 is 0. The van der Waals surface area contributed by atoms with Gasteiger partial charge in [-0.2, -0.15) is 0 Å². The van der Waals surface area contributed by atoms with E-state index in [1.54, 1.807) is 12.1 Å². The van der Waals surface area contributed by atoms with Crippen molar-refractivity contribution in [2.24, 2.45) is 5.92 Å². The highest BCUT2D eigenvalue weighted by atomic mass is 16.3. The number of carbonyl (C=O) groups excluding carboxylic acids is 1. The third-order valence-electron chi connectivity index (χ3n) is 4.53. The monoisotopic (exact) mass is 288 g/mol. The van der Waals surface area contributed by atoms with E-state index in [2.05, 4.69) is 5.32 Å². The lowest BCUT2D eigenvalue weighted by molar-refractivity contribution is -0.131. The quantitative estimate of drug-likeness (QED) is 0.870. The average Bonchev–Trinajstić information content (AvgIpc) is 3.32. The van der Waals surface area contributed by atoms with Crippen LogP contribution in [0.2, 0.25) is 0 Å². The molecule has 1 aliphatic carbocycles. The van der Waals surface area contributed by atoms with E-state index < -0.39 is 0 Å². The van der Waals surface area contributed by atoms with Crippen molar-refractivity contribution in [3.05, 3.63) is 29.8 Å². The number of amides is 1. The molecule has 4 nitrogen and oxygen atoms in total. The Morgan fingerprint density at radius 2 is 1.81 bits per heavy atom. The van der Waals surface area contributed by atoms with E-state index in [4.69, 9.17) is 0 Å². The molecule has 3 rings (SSSR count). The molecule has 4 heteroatoms. The Hall–Kier alpha value is -1.55. The Morgan fingerprint density at radius 1 is 1.14 bits per heavy atom. The number of aromatic hydroxyl groups is 1. The summed E-state index contributed by atoms with van der Waals surface area (Å²) in [6.45, 7) is 2.88. The number of nitrogens with one attached hydrogen (secondary N) is 1. The smallest absolute Gasteiger partial charge is 0.226 e. The van der Waals surface area contributed by atoms with Crippen LogP contribution < -0.4 is 5.32 Å². The number of benzene rings is 1. The lowest BCUT2D eigenvalue weighted by Crippen LogP contribution is -2.45. The fourth-order valence-corrected chi connectivity index (χ4v) is 2.89. The summed E-state index contributed by atoms with van der Waals surface area (Å²) in [5.74, 6) is 1.36. The van der Waals surface area contributed by atoms with Gasteiger partial charge in [-0.25, -0.2) is 0 Å². The molecule has 0 bridgehead atoms. The Labute approximate surface area is 126 Å². The number of hydrogen-bond donors (Lipinski definition) is 2. The van der Waals surface area contributed by atoms with Crippen molar-refractivity contribution in [2.45, 2.75) is 38.1 Å². The second-order valence-electron chi connectivity index (χ2n) is 6.35. The van der Waals surface area contributed by atoms with Crippen LogP contribution >= 0.6 is 0 Å². The number of phenols is 1. The minimum absolute atomic E-state index is 0.196. The number of hydrogen-bond acceptors (Lipinski definition) is 3. The van der Waals surface area contributed by atoms with Crippen molar-refractivity contribution in [2.75, 3.05) is 19.6 Å². The average molecular weight is 288 g/mol. The molecule has 2 aliphatic rings. The van der Waals surface area contributed by atoms with Crippen molar-refractivity contribution in [1.29, 1.82) is 0 Å². The molecule has 0 atom stereocenters. The first-order valence-electron chi connectivity index (χ1n) is 8.00. The number of nitrogens with zero attached hydrogens (tertiary/aromatic N) is 1. The zero-order valence-corrected chi connectivity index (χ0v) is 12.4. The van der Waals surface area contributed by atoms with Gasteiger partial charge in [0.1, 0.15) is 5.75 Å². The second kappa shape index (κ2) is 6.48. The highest BCUT2D eigenvalue weighted by Gasteiger charge is 2.25. The summed E-state index contributed by atoms with van der Waals surface area (Å²) in [4.78, 5) is 14.3. The molecule has 1 aromatic carbocycles. The van der Waals surface area contributed by atoms with Gasteiger partial charge in [-0.3, -0.25) is 4.79 Å². The van der Waals surface area contributed by atoms with Crippen LogP contribution in [0, 0.1) is 5.92 Å². The second-order valence-corrected chi connectivity index (χ2v) is 6.35. The van der Waals surface area contributed by atoms with Gasteiger partial charge in [0.2, 0.25) is 5.91 Å².